The molecule has 0 unspecified atom stereocenters. The molecule has 0 saturated carbocycles. The van der Waals surface area contributed by atoms with E-state index in [0.29, 0.717) is 0 Å². The van der Waals surface area contributed by atoms with Crippen molar-refractivity contribution >= 4 is 23.3 Å². The zero-order valence-corrected chi connectivity index (χ0v) is 13.5. The summed E-state index contributed by atoms with van der Waals surface area (Å²) >= 11 is 0. The predicted molar refractivity (Wildman–Crippen MR) is 88.9 cm³/mol. The summed E-state index contributed by atoms with van der Waals surface area (Å²) < 4.78 is 6.19. The van der Waals surface area contributed by atoms with Gasteiger partial charge in [0, 0.05) is 35.1 Å². The average Bonchev–Trinajstić information content (AvgIpc) is 2.60. The highest BCUT2D eigenvalue weighted by Gasteiger charge is 2.29. The molecule has 4 rings (SSSR count). The Bertz CT molecular complexity index is 675. The van der Waals surface area contributed by atoms with Gasteiger partial charge in [0.15, 0.2) is 0 Å². The first-order chi connectivity index (χ1) is 9.64. The molecule has 0 spiro atoms. The summed E-state index contributed by atoms with van der Waals surface area (Å²) in [6.45, 7) is 6.52. The van der Waals surface area contributed by atoms with Crippen molar-refractivity contribution in [2.75, 3.05) is 13.1 Å². The molecule has 2 aliphatic rings. The molecule has 0 bridgehead atoms. The fourth-order valence-electron chi connectivity index (χ4n) is 3.63. The summed E-state index contributed by atoms with van der Waals surface area (Å²) in [4.78, 5) is 3.63. The van der Waals surface area contributed by atoms with E-state index in [1.54, 1.807) is 0 Å². The van der Waals surface area contributed by atoms with E-state index in [1.165, 1.54) is 27.7 Å². The molecule has 2 aliphatic heterocycles. The van der Waals surface area contributed by atoms with Crippen LogP contribution in [0.1, 0.15) is 37.1 Å². The first kappa shape index (κ1) is 14.7. The van der Waals surface area contributed by atoms with E-state index in [1.807, 2.05) is 0 Å². The molecule has 1 aromatic carbocycles. The van der Waals surface area contributed by atoms with Gasteiger partial charge in [0.25, 0.3) is 0 Å². The smallest absolute Gasteiger partial charge is 0.124 e. The van der Waals surface area contributed by atoms with E-state index in [2.05, 4.69) is 36.3 Å². The minimum absolute atomic E-state index is 0. The first-order valence-electron chi connectivity index (χ1n) is 7.69. The molecule has 114 valence electrons. The number of benzene rings is 1. The maximum atomic E-state index is 6.19. The van der Waals surface area contributed by atoms with Gasteiger partial charge < -0.3 is 15.0 Å². The first-order valence-corrected chi connectivity index (χ1v) is 7.69. The van der Waals surface area contributed by atoms with Crippen molar-refractivity contribution in [3.63, 3.8) is 0 Å². The van der Waals surface area contributed by atoms with E-state index in [0.717, 1.165) is 44.5 Å². The summed E-state index contributed by atoms with van der Waals surface area (Å²) in [5.74, 6) is 1.09. The summed E-state index contributed by atoms with van der Waals surface area (Å²) in [5, 5.41) is 4.93. The van der Waals surface area contributed by atoms with Crippen molar-refractivity contribution in [1.29, 1.82) is 0 Å². The van der Waals surface area contributed by atoms with Gasteiger partial charge in [-0.05, 0) is 57.4 Å². The van der Waals surface area contributed by atoms with Gasteiger partial charge in [-0.3, -0.25) is 0 Å². The van der Waals surface area contributed by atoms with Gasteiger partial charge in [-0.25, -0.2) is 0 Å². The highest BCUT2D eigenvalue weighted by atomic mass is 35.5. The number of aryl methyl sites for hydroxylation is 1. The Morgan fingerprint density at radius 1 is 1.05 bits per heavy atom. The number of aromatic amines is 1. The van der Waals surface area contributed by atoms with Crippen molar-refractivity contribution < 1.29 is 4.74 Å². The van der Waals surface area contributed by atoms with Crippen LogP contribution < -0.4 is 10.1 Å². The number of halogens is 1. The molecule has 1 aromatic heterocycles. The number of aromatic nitrogens is 1. The largest absolute Gasteiger partial charge is 0.488 e. The maximum Gasteiger partial charge on any atom is 0.124 e. The molecule has 3 nitrogen and oxygen atoms in total. The summed E-state index contributed by atoms with van der Waals surface area (Å²) in [6, 6.07) is 4.34. The Morgan fingerprint density at radius 3 is 2.71 bits per heavy atom. The molecule has 2 aromatic rings. The second-order valence-electron chi connectivity index (χ2n) is 6.66. The van der Waals surface area contributed by atoms with Gasteiger partial charge in [0.2, 0.25) is 0 Å². The molecule has 0 radical (unpaired) electrons. The lowest BCUT2D eigenvalue weighted by Gasteiger charge is -2.33. The lowest BCUT2D eigenvalue weighted by molar-refractivity contribution is 0.0853. The topological polar surface area (TPSA) is 37.0 Å². The van der Waals surface area contributed by atoms with Crippen molar-refractivity contribution in [2.45, 2.75) is 45.1 Å². The van der Waals surface area contributed by atoms with Crippen molar-refractivity contribution in [2.24, 2.45) is 0 Å². The molecule has 0 atom stereocenters. The van der Waals surface area contributed by atoms with Gasteiger partial charge in [-0.1, -0.05) is 0 Å². The highest BCUT2D eigenvalue weighted by molar-refractivity contribution is 5.90. The molecule has 2 N–H and O–H groups in total. The van der Waals surface area contributed by atoms with Crippen molar-refractivity contribution in [3.05, 3.63) is 29.0 Å². The lowest BCUT2D eigenvalue weighted by atomic mass is 9.90. The van der Waals surface area contributed by atoms with Gasteiger partial charge in [-0.15, -0.1) is 12.4 Å². The Balaban J connectivity index is 0.00000132. The number of hydrogen-bond donors (Lipinski definition) is 2. The molecular formula is C17H23ClN2O. The van der Waals surface area contributed by atoms with Gasteiger partial charge in [-0.2, -0.15) is 0 Å². The molecule has 0 aliphatic carbocycles. The van der Waals surface area contributed by atoms with Crippen LogP contribution in [0.15, 0.2) is 12.1 Å². The predicted octanol–water partition coefficient (Wildman–Crippen LogP) is 3.38. The number of fused-ring (bicyclic) bond motifs is 5. The molecule has 3 heterocycles. The zero-order chi connectivity index (χ0) is 13.7. The molecule has 0 amide bonds. The normalized spacial score (nSPS) is 19.9. The Kier molecular flexibility index (Phi) is 3.66. The second-order valence-corrected chi connectivity index (χ2v) is 6.66. The van der Waals surface area contributed by atoms with Crippen LogP contribution in [-0.4, -0.2) is 23.7 Å². The van der Waals surface area contributed by atoms with Crippen LogP contribution >= 0.6 is 12.4 Å². The van der Waals surface area contributed by atoms with Crippen LogP contribution in [0.25, 0.3) is 10.9 Å². The zero-order valence-electron chi connectivity index (χ0n) is 12.7. The number of H-pyrrole nitrogens is 1. The molecule has 21 heavy (non-hydrogen) atoms. The third kappa shape index (κ3) is 2.43. The van der Waals surface area contributed by atoms with Crippen molar-refractivity contribution in [3.8, 4) is 5.75 Å². The maximum absolute atomic E-state index is 6.19. The fourth-order valence-corrected chi connectivity index (χ4v) is 3.63. The SMILES string of the molecule is CC1(C)CCc2c(ccc3[nH]c4c(c23)CCNCC4)O1.Cl. The van der Waals surface area contributed by atoms with Crippen LogP contribution in [-0.2, 0) is 19.3 Å². The van der Waals surface area contributed by atoms with E-state index in [4.69, 9.17) is 4.74 Å². The van der Waals surface area contributed by atoms with Crippen molar-refractivity contribution in [1.82, 2.24) is 10.3 Å². The Labute approximate surface area is 131 Å². The van der Waals surface area contributed by atoms with Gasteiger partial charge >= 0.3 is 0 Å². The average molecular weight is 307 g/mol. The number of rotatable bonds is 0. The summed E-state index contributed by atoms with van der Waals surface area (Å²) in [7, 11) is 0. The van der Waals surface area contributed by atoms with Crippen LogP contribution in [0.5, 0.6) is 5.75 Å². The molecular weight excluding hydrogens is 284 g/mol. The number of nitrogens with one attached hydrogen (secondary N) is 2. The lowest BCUT2D eigenvalue weighted by Crippen LogP contribution is -2.32. The molecule has 0 saturated heterocycles. The molecule has 4 heteroatoms. The van der Waals surface area contributed by atoms with Crippen LogP contribution in [0.2, 0.25) is 0 Å². The fraction of sp³-hybridized carbons (Fsp3) is 0.529. The second kappa shape index (κ2) is 5.22. The van der Waals surface area contributed by atoms with Crippen LogP contribution in [0.4, 0.5) is 0 Å². The summed E-state index contributed by atoms with van der Waals surface area (Å²) in [5.41, 5.74) is 5.61. The number of hydrogen-bond acceptors (Lipinski definition) is 2. The van der Waals surface area contributed by atoms with Crippen LogP contribution in [0.3, 0.4) is 0 Å². The summed E-state index contributed by atoms with van der Waals surface area (Å²) in [6.07, 6.45) is 4.44. The van der Waals surface area contributed by atoms with E-state index >= 15 is 0 Å². The monoisotopic (exact) mass is 306 g/mol. The molecule has 0 fully saturated rings. The Morgan fingerprint density at radius 2 is 1.86 bits per heavy atom. The highest BCUT2D eigenvalue weighted by Crippen LogP contribution is 2.39. The van der Waals surface area contributed by atoms with E-state index in [9.17, 15) is 0 Å². The minimum atomic E-state index is -0.0323. The van der Waals surface area contributed by atoms with Gasteiger partial charge in [0.1, 0.15) is 11.4 Å². The Hall–Kier alpha value is -1.19. The third-order valence-corrected chi connectivity index (χ3v) is 4.69. The number of ether oxygens (including phenoxy) is 1. The van der Waals surface area contributed by atoms with Crippen LogP contribution in [0, 0.1) is 0 Å². The van der Waals surface area contributed by atoms with Gasteiger partial charge in [0.05, 0.1) is 0 Å². The minimum Gasteiger partial charge on any atom is -0.488 e. The van der Waals surface area contributed by atoms with E-state index in [-0.39, 0.29) is 18.0 Å². The standard InChI is InChI=1S/C17H22N2O.ClH/c1-17(2)8-5-12-15(20-17)4-3-14-16(12)11-6-9-18-10-7-13(11)19-14;/h3-4,18-19H,5-10H2,1-2H3;1H. The van der Waals surface area contributed by atoms with E-state index < -0.39 is 0 Å². The quantitative estimate of drug-likeness (QED) is 0.783. The third-order valence-electron chi connectivity index (χ3n) is 4.69.